The van der Waals surface area contributed by atoms with Crippen LogP contribution in [0.25, 0.3) is 0 Å². The van der Waals surface area contributed by atoms with Gasteiger partial charge in [-0.15, -0.1) is 0 Å². The number of nitrogens with zero attached hydrogens (tertiary/aromatic N) is 1. The molecule has 0 bridgehead atoms. The largest absolute Gasteiger partial charge is 0.505 e. The van der Waals surface area contributed by atoms with Gasteiger partial charge in [0.2, 0.25) is 0 Å². The van der Waals surface area contributed by atoms with Gasteiger partial charge in [0.05, 0.1) is 15.6 Å². The molecule has 0 saturated heterocycles. The highest BCUT2D eigenvalue weighted by atomic mass is 35.5. The lowest BCUT2D eigenvalue weighted by Gasteiger charge is -2.49. The Hall–Kier alpha value is -0.520. The molecule has 1 aliphatic rings. The molecule has 2 unspecified atom stereocenters. The smallest absolute Gasteiger partial charge is 0.152 e. The van der Waals surface area contributed by atoms with Crippen LogP contribution in [-0.2, 0) is 5.54 Å². The summed E-state index contributed by atoms with van der Waals surface area (Å²) in [7, 11) is 0. The summed E-state index contributed by atoms with van der Waals surface area (Å²) < 4.78 is 0. The minimum Gasteiger partial charge on any atom is -0.505 e. The second-order valence-electron chi connectivity index (χ2n) is 6.05. The highest BCUT2D eigenvalue weighted by Gasteiger charge is 2.43. The number of benzene rings is 1. The molecule has 4 nitrogen and oxygen atoms in total. The predicted molar refractivity (Wildman–Crippen MR) is 88.1 cm³/mol. The molecule has 6 heteroatoms. The summed E-state index contributed by atoms with van der Waals surface area (Å²) in [5.74, 6) is -0.140. The molecule has 0 amide bonds. The van der Waals surface area contributed by atoms with Gasteiger partial charge in [-0.05, 0) is 44.4 Å². The molecule has 0 aliphatic heterocycles. The topological polar surface area (TPSA) is 63.9 Å². The maximum Gasteiger partial charge on any atom is 0.152 e. The first kappa shape index (κ1) is 17.8. The second-order valence-corrected chi connectivity index (χ2v) is 6.87. The Balaban J connectivity index is 2.59. The van der Waals surface area contributed by atoms with Gasteiger partial charge in [-0.1, -0.05) is 42.5 Å². The number of aliphatic hydroxyl groups excluding tert-OH is 2. The Bertz CT molecular complexity index is 497. The van der Waals surface area contributed by atoms with Gasteiger partial charge in [-0.3, -0.25) is 0 Å². The highest BCUT2D eigenvalue weighted by molar-refractivity contribution is 6.37. The van der Waals surface area contributed by atoms with Crippen molar-refractivity contribution >= 4 is 23.2 Å². The maximum absolute atomic E-state index is 10.2. The molecule has 1 aliphatic carbocycles. The second kappa shape index (κ2) is 6.93. The van der Waals surface area contributed by atoms with E-state index in [2.05, 4.69) is 0 Å². The first-order chi connectivity index (χ1) is 10.3. The summed E-state index contributed by atoms with van der Waals surface area (Å²) in [4.78, 5) is 1.70. The van der Waals surface area contributed by atoms with E-state index in [-0.39, 0.29) is 15.8 Å². The van der Waals surface area contributed by atoms with Crippen LogP contribution < -0.4 is 0 Å². The number of hydrogen-bond acceptors (Lipinski definition) is 4. The number of phenols is 1. The van der Waals surface area contributed by atoms with E-state index < -0.39 is 18.0 Å². The maximum atomic E-state index is 10.2. The normalized spacial score (nSPS) is 20.9. The fourth-order valence-electron chi connectivity index (χ4n) is 3.69. The van der Waals surface area contributed by atoms with Gasteiger partial charge >= 0.3 is 0 Å². The van der Waals surface area contributed by atoms with Crippen LogP contribution in [0.2, 0.25) is 10.0 Å². The third-order valence-corrected chi connectivity index (χ3v) is 5.11. The molecule has 3 N–H and O–H groups in total. The Morgan fingerprint density at radius 2 is 1.45 bits per heavy atom. The van der Waals surface area contributed by atoms with Crippen molar-refractivity contribution in [2.45, 2.75) is 63.9 Å². The standard InChI is InChI=1S/C16H23Cl2NO3/c1-10(20)19(11(2)21)16(6-4-3-5-7-16)12-8-13(17)15(22)14(18)9-12/h8-11,20-22H,3-7H2,1-2H3. The lowest BCUT2D eigenvalue weighted by atomic mass is 9.75. The zero-order valence-corrected chi connectivity index (χ0v) is 14.4. The van der Waals surface area contributed by atoms with Crippen molar-refractivity contribution in [2.24, 2.45) is 0 Å². The molecule has 124 valence electrons. The van der Waals surface area contributed by atoms with Gasteiger partial charge in [0.15, 0.2) is 5.75 Å². The number of phenolic OH excluding ortho intramolecular Hbond substituents is 1. The predicted octanol–water partition coefficient (Wildman–Crippen LogP) is 3.84. The highest BCUT2D eigenvalue weighted by Crippen LogP contribution is 2.47. The first-order valence-corrected chi connectivity index (χ1v) is 8.38. The number of rotatable bonds is 4. The van der Waals surface area contributed by atoms with E-state index in [1.165, 1.54) is 0 Å². The van der Waals surface area contributed by atoms with Crippen LogP contribution in [0.1, 0.15) is 51.5 Å². The van der Waals surface area contributed by atoms with Crippen molar-refractivity contribution < 1.29 is 15.3 Å². The number of hydrogen-bond donors (Lipinski definition) is 3. The van der Waals surface area contributed by atoms with E-state index >= 15 is 0 Å². The molecule has 0 spiro atoms. The summed E-state index contributed by atoms with van der Waals surface area (Å²) in [5, 5.41) is 30.6. The van der Waals surface area contributed by atoms with Crippen molar-refractivity contribution in [3.05, 3.63) is 27.7 Å². The zero-order valence-electron chi connectivity index (χ0n) is 12.9. The molecule has 1 saturated carbocycles. The van der Waals surface area contributed by atoms with Crippen molar-refractivity contribution in [3.63, 3.8) is 0 Å². The van der Waals surface area contributed by atoms with Crippen LogP contribution in [0.5, 0.6) is 5.75 Å². The Morgan fingerprint density at radius 1 is 1.00 bits per heavy atom. The van der Waals surface area contributed by atoms with Gasteiger partial charge in [-0.25, -0.2) is 4.90 Å². The molecule has 1 fully saturated rings. The number of aliphatic hydroxyl groups is 2. The van der Waals surface area contributed by atoms with Crippen LogP contribution in [0, 0.1) is 0 Å². The average molecular weight is 348 g/mol. The summed E-state index contributed by atoms with van der Waals surface area (Å²) in [6.45, 7) is 3.29. The summed E-state index contributed by atoms with van der Waals surface area (Å²) in [6.07, 6.45) is 3.06. The van der Waals surface area contributed by atoms with Crippen LogP contribution in [-0.4, -0.2) is 32.7 Å². The summed E-state index contributed by atoms with van der Waals surface area (Å²) in [5.41, 5.74) is 0.281. The minimum absolute atomic E-state index is 0.140. The van der Waals surface area contributed by atoms with E-state index in [0.29, 0.717) is 0 Å². The molecule has 2 rings (SSSR count). The molecule has 1 aromatic carbocycles. The van der Waals surface area contributed by atoms with Crippen LogP contribution >= 0.6 is 23.2 Å². The van der Waals surface area contributed by atoms with E-state index in [1.54, 1.807) is 30.9 Å². The molecular formula is C16H23Cl2NO3. The van der Waals surface area contributed by atoms with Gasteiger partial charge in [0, 0.05) is 0 Å². The van der Waals surface area contributed by atoms with Crippen molar-refractivity contribution in [1.82, 2.24) is 4.90 Å². The minimum atomic E-state index is -0.815. The zero-order chi connectivity index (χ0) is 16.5. The molecular weight excluding hydrogens is 325 g/mol. The average Bonchev–Trinajstić information content (AvgIpc) is 2.44. The molecule has 0 aromatic heterocycles. The quantitative estimate of drug-likeness (QED) is 0.724. The first-order valence-electron chi connectivity index (χ1n) is 7.62. The molecule has 2 atom stereocenters. The van der Waals surface area contributed by atoms with E-state index in [0.717, 1.165) is 37.7 Å². The van der Waals surface area contributed by atoms with Gasteiger partial charge in [0.1, 0.15) is 12.5 Å². The molecule has 1 aromatic rings. The monoisotopic (exact) mass is 347 g/mol. The number of aromatic hydroxyl groups is 1. The van der Waals surface area contributed by atoms with Crippen molar-refractivity contribution in [2.75, 3.05) is 0 Å². The van der Waals surface area contributed by atoms with Crippen LogP contribution in [0.3, 0.4) is 0 Å². The fraction of sp³-hybridized carbons (Fsp3) is 0.625. The summed E-state index contributed by atoms with van der Waals surface area (Å²) >= 11 is 12.2. The Morgan fingerprint density at radius 3 is 1.86 bits per heavy atom. The Kier molecular flexibility index (Phi) is 5.62. The third kappa shape index (κ3) is 3.22. The third-order valence-electron chi connectivity index (χ3n) is 4.53. The fourth-order valence-corrected chi connectivity index (χ4v) is 4.18. The lowest BCUT2D eigenvalue weighted by Crippen LogP contribution is -2.55. The number of halogens is 2. The molecule has 0 radical (unpaired) electrons. The van der Waals surface area contributed by atoms with Crippen molar-refractivity contribution in [1.29, 1.82) is 0 Å². The van der Waals surface area contributed by atoms with E-state index in [1.807, 2.05) is 0 Å². The molecule has 22 heavy (non-hydrogen) atoms. The van der Waals surface area contributed by atoms with Crippen LogP contribution in [0.4, 0.5) is 0 Å². The SMILES string of the molecule is CC(O)N(C(C)O)C1(c2cc(Cl)c(O)c(Cl)c2)CCCCC1. The summed E-state index contributed by atoms with van der Waals surface area (Å²) in [6, 6.07) is 3.37. The van der Waals surface area contributed by atoms with E-state index in [4.69, 9.17) is 23.2 Å². The Labute approximate surface area is 141 Å². The van der Waals surface area contributed by atoms with Gasteiger partial charge in [0.25, 0.3) is 0 Å². The van der Waals surface area contributed by atoms with Crippen molar-refractivity contribution in [3.8, 4) is 5.75 Å². The van der Waals surface area contributed by atoms with Gasteiger partial charge in [-0.2, -0.15) is 0 Å². The van der Waals surface area contributed by atoms with Gasteiger partial charge < -0.3 is 15.3 Å². The lowest BCUT2D eigenvalue weighted by molar-refractivity contribution is -0.159. The van der Waals surface area contributed by atoms with E-state index in [9.17, 15) is 15.3 Å². The molecule has 0 heterocycles. The van der Waals surface area contributed by atoms with Crippen LogP contribution in [0.15, 0.2) is 12.1 Å².